The molecule has 1 unspecified atom stereocenters. The smallest absolute Gasteiger partial charge is 0.311 e. The van der Waals surface area contributed by atoms with Crippen molar-refractivity contribution in [3.8, 4) is 0 Å². The minimum atomic E-state index is -0.252. The second-order valence-electron chi connectivity index (χ2n) is 5.26. The van der Waals surface area contributed by atoms with Gasteiger partial charge in [-0.1, -0.05) is 37.3 Å². The predicted molar refractivity (Wildman–Crippen MR) is 77.1 cm³/mol. The molecule has 1 aromatic carbocycles. The van der Waals surface area contributed by atoms with Crippen molar-refractivity contribution < 1.29 is 14.3 Å². The van der Waals surface area contributed by atoms with Crippen molar-refractivity contribution in [2.45, 2.75) is 44.9 Å². The van der Waals surface area contributed by atoms with Crippen LogP contribution >= 0.6 is 0 Å². The van der Waals surface area contributed by atoms with Crippen LogP contribution in [-0.4, -0.2) is 12.3 Å². The highest BCUT2D eigenvalue weighted by molar-refractivity contribution is 5.77. The van der Waals surface area contributed by atoms with Gasteiger partial charge in [0.25, 0.3) is 0 Å². The third-order valence-electron chi connectivity index (χ3n) is 3.68. The lowest BCUT2D eigenvalue weighted by Gasteiger charge is -2.17. The van der Waals surface area contributed by atoms with Gasteiger partial charge in [-0.05, 0) is 30.7 Å². The number of esters is 1. The zero-order valence-corrected chi connectivity index (χ0v) is 11.8. The topological polar surface area (TPSA) is 43.4 Å². The Bertz CT molecular complexity index is 502. The summed E-state index contributed by atoms with van der Waals surface area (Å²) in [6.45, 7) is 2.01. The van der Waals surface area contributed by atoms with E-state index < -0.39 is 0 Å². The summed E-state index contributed by atoms with van der Waals surface area (Å²) in [6.07, 6.45) is 4.55. The van der Waals surface area contributed by atoms with Gasteiger partial charge in [0, 0.05) is 12.0 Å². The molecule has 0 heterocycles. The molecular formula is C17H20O3. The summed E-state index contributed by atoms with van der Waals surface area (Å²) in [5, 5.41) is 0. The fourth-order valence-corrected chi connectivity index (χ4v) is 2.47. The maximum atomic E-state index is 12.0. The third-order valence-corrected chi connectivity index (χ3v) is 3.68. The molecule has 1 aliphatic carbocycles. The van der Waals surface area contributed by atoms with Crippen LogP contribution in [-0.2, 0) is 14.3 Å². The number of aldehydes is 1. The van der Waals surface area contributed by atoms with Gasteiger partial charge in [-0.25, -0.2) is 0 Å². The molecule has 0 N–H and O–H groups in total. The van der Waals surface area contributed by atoms with E-state index in [2.05, 4.69) is 0 Å². The fraction of sp³-hybridized carbons (Fsp3) is 0.412. The van der Waals surface area contributed by atoms with E-state index >= 15 is 0 Å². The average Bonchev–Trinajstić information content (AvgIpc) is 2.48. The molecule has 0 radical (unpaired) electrons. The van der Waals surface area contributed by atoms with E-state index in [0.717, 1.165) is 31.1 Å². The van der Waals surface area contributed by atoms with E-state index in [-0.39, 0.29) is 11.9 Å². The minimum absolute atomic E-state index is 0.118. The van der Waals surface area contributed by atoms with E-state index in [1.807, 2.05) is 37.3 Å². The fourth-order valence-electron chi connectivity index (χ4n) is 2.47. The maximum absolute atomic E-state index is 12.0. The zero-order valence-electron chi connectivity index (χ0n) is 11.8. The molecule has 0 bridgehead atoms. The van der Waals surface area contributed by atoms with Crippen molar-refractivity contribution in [1.82, 2.24) is 0 Å². The first kappa shape index (κ1) is 14.5. The highest BCUT2D eigenvalue weighted by Crippen LogP contribution is 2.26. The quantitative estimate of drug-likeness (QED) is 0.605. The number of carbonyl (C=O) groups is 2. The van der Waals surface area contributed by atoms with Crippen molar-refractivity contribution in [3.63, 3.8) is 0 Å². The van der Waals surface area contributed by atoms with Crippen LogP contribution in [0.25, 0.3) is 0 Å². The maximum Gasteiger partial charge on any atom is 0.311 e. The number of ether oxygens (including phenoxy) is 1. The molecule has 3 nitrogen and oxygen atoms in total. The summed E-state index contributed by atoms with van der Waals surface area (Å²) in [4.78, 5) is 22.9. The Labute approximate surface area is 119 Å². The first-order valence-corrected chi connectivity index (χ1v) is 7.13. The largest absolute Gasteiger partial charge is 0.431 e. The molecule has 20 heavy (non-hydrogen) atoms. The highest BCUT2D eigenvalue weighted by Gasteiger charge is 2.18. The van der Waals surface area contributed by atoms with Gasteiger partial charge in [-0.3, -0.25) is 9.59 Å². The molecule has 0 saturated carbocycles. The van der Waals surface area contributed by atoms with Gasteiger partial charge in [-0.2, -0.15) is 0 Å². The normalized spacial score (nSPS) is 16.6. The van der Waals surface area contributed by atoms with Gasteiger partial charge >= 0.3 is 5.97 Å². The minimum Gasteiger partial charge on any atom is -0.431 e. The van der Waals surface area contributed by atoms with E-state index in [0.29, 0.717) is 24.2 Å². The third kappa shape index (κ3) is 3.80. The first-order chi connectivity index (χ1) is 9.70. The summed E-state index contributed by atoms with van der Waals surface area (Å²) in [6, 6.07) is 9.90. The molecule has 0 spiro atoms. The number of benzene rings is 1. The Balaban J connectivity index is 1.95. The van der Waals surface area contributed by atoms with Crippen LogP contribution in [0.1, 0.15) is 50.5 Å². The Morgan fingerprint density at radius 1 is 1.25 bits per heavy atom. The van der Waals surface area contributed by atoms with Gasteiger partial charge in [0.2, 0.25) is 0 Å². The highest BCUT2D eigenvalue weighted by atomic mass is 16.5. The van der Waals surface area contributed by atoms with Crippen molar-refractivity contribution in [3.05, 3.63) is 47.2 Å². The Morgan fingerprint density at radius 3 is 2.65 bits per heavy atom. The molecule has 0 aliphatic heterocycles. The van der Waals surface area contributed by atoms with Crippen LogP contribution in [0.4, 0.5) is 0 Å². The predicted octanol–water partition coefficient (Wildman–Crippen LogP) is 3.75. The lowest BCUT2D eigenvalue weighted by molar-refractivity contribution is -0.140. The number of hydrogen-bond acceptors (Lipinski definition) is 3. The second-order valence-corrected chi connectivity index (χ2v) is 5.26. The molecule has 0 aromatic heterocycles. The molecule has 0 saturated heterocycles. The zero-order chi connectivity index (χ0) is 14.4. The summed E-state index contributed by atoms with van der Waals surface area (Å²) in [5.74, 6) is 0.446. The average molecular weight is 272 g/mol. The second kappa shape index (κ2) is 7.04. The van der Waals surface area contributed by atoms with Gasteiger partial charge in [0.05, 0.1) is 6.42 Å². The van der Waals surface area contributed by atoms with Crippen LogP contribution in [0.5, 0.6) is 0 Å². The van der Waals surface area contributed by atoms with Crippen molar-refractivity contribution in [2.75, 3.05) is 0 Å². The van der Waals surface area contributed by atoms with Gasteiger partial charge in [0.1, 0.15) is 12.0 Å². The van der Waals surface area contributed by atoms with Crippen molar-refractivity contribution in [2.24, 2.45) is 0 Å². The summed E-state index contributed by atoms with van der Waals surface area (Å²) in [7, 11) is 0. The van der Waals surface area contributed by atoms with Crippen LogP contribution in [0.2, 0.25) is 0 Å². The molecule has 1 aromatic rings. The Kier molecular flexibility index (Phi) is 5.10. The van der Waals surface area contributed by atoms with Crippen LogP contribution in [0.3, 0.4) is 0 Å². The number of allylic oxidation sites excluding steroid dienone is 2. The van der Waals surface area contributed by atoms with Gasteiger partial charge in [0.15, 0.2) is 0 Å². The number of hydrogen-bond donors (Lipinski definition) is 0. The Morgan fingerprint density at radius 2 is 1.95 bits per heavy atom. The number of carbonyl (C=O) groups excluding carboxylic acids is 2. The molecule has 3 heteroatoms. The van der Waals surface area contributed by atoms with Gasteiger partial charge < -0.3 is 4.74 Å². The molecule has 1 aliphatic rings. The van der Waals surface area contributed by atoms with E-state index in [9.17, 15) is 9.59 Å². The van der Waals surface area contributed by atoms with E-state index in [4.69, 9.17) is 4.74 Å². The molecule has 2 rings (SSSR count). The van der Waals surface area contributed by atoms with Crippen molar-refractivity contribution >= 4 is 12.3 Å². The van der Waals surface area contributed by atoms with Crippen LogP contribution in [0.15, 0.2) is 41.7 Å². The van der Waals surface area contributed by atoms with E-state index in [1.165, 1.54) is 0 Å². The monoisotopic (exact) mass is 272 g/mol. The summed E-state index contributed by atoms with van der Waals surface area (Å²) in [5.41, 5.74) is 1.77. The molecule has 106 valence electrons. The van der Waals surface area contributed by atoms with Crippen LogP contribution in [0, 0.1) is 0 Å². The molecular weight excluding hydrogens is 252 g/mol. The number of rotatable bonds is 5. The lowest BCUT2D eigenvalue weighted by Crippen LogP contribution is -2.12. The Hall–Kier alpha value is -1.90. The van der Waals surface area contributed by atoms with Gasteiger partial charge in [-0.15, -0.1) is 0 Å². The lowest BCUT2D eigenvalue weighted by atomic mass is 9.97. The summed E-state index contributed by atoms with van der Waals surface area (Å²) >= 11 is 0. The first-order valence-electron chi connectivity index (χ1n) is 7.13. The summed E-state index contributed by atoms with van der Waals surface area (Å²) < 4.78 is 5.40. The molecule has 0 fully saturated rings. The molecule has 1 atom stereocenters. The van der Waals surface area contributed by atoms with Crippen LogP contribution < -0.4 is 0 Å². The van der Waals surface area contributed by atoms with Crippen molar-refractivity contribution in [1.29, 1.82) is 0 Å². The van der Waals surface area contributed by atoms with E-state index in [1.54, 1.807) is 0 Å². The molecule has 0 amide bonds. The SMILES string of the molecule is CC(CC(=O)OC1=C(C=O)CCCC1)c1ccccc1. The standard InChI is InChI=1S/C17H20O3/c1-13(14-7-3-2-4-8-14)11-17(19)20-16-10-6-5-9-15(16)12-18/h2-4,7-8,12-13H,5-6,9-11H2,1H3.